The molecule has 2 aromatic carbocycles. The fourth-order valence-corrected chi connectivity index (χ4v) is 5.05. The van der Waals surface area contributed by atoms with Crippen LogP contribution in [0.15, 0.2) is 36.4 Å². The van der Waals surface area contributed by atoms with E-state index in [0.29, 0.717) is 13.0 Å². The molecule has 2 aliphatic rings. The molecule has 2 aromatic rings. The molecular weight excluding hydrogens is 460 g/mol. The van der Waals surface area contributed by atoms with E-state index in [-0.39, 0.29) is 12.3 Å². The number of carbonyl (C=O) groups excluding carboxylic acids is 1. The first-order valence-corrected chi connectivity index (χ1v) is 12.6. The minimum Gasteiger partial charge on any atom is -0.496 e. The highest BCUT2D eigenvalue weighted by Crippen LogP contribution is 2.40. The predicted molar refractivity (Wildman–Crippen MR) is 136 cm³/mol. The summed E-state index contributed by atoms with van der Waals surface area (Å²) in [5.41, 5.74) is 2.73. The second-order valence-electron chi connectivity index (χ2n) is 9.81. The van der Waals surface area contributed by atoms with Crippen LogP contribution in [0.1, 0.15) is 43.7 Å². The molecule has 0 aliphatic carbocycles. The average Bonchev–Trinajstić information content (AvgIpc) is 3.56. The average molecular weight is 497 g/mol. The summed E-state index contributed by atoms with van der Waals surface area (Å²) < 4.78 is 17.0. The lowest BCUT2D eigenvalue weighted by Gasteiger charge is -2.24. The molecule has 0 radical (unpaired) electrons. The van der Waals surface area contributed by atoms with Crippen LogP contribution in [-0.2, 0) is 27.3 Å². The van der Waals surface area contributed by atoms with E-state index in [2.05, 4.69) is 22.3 Å². The summed E-state index contributed by atoms with van der Waals surface area (Å²) in [5, 5.41) is 12.4. The van der Waals surface area contributed by atoms with Crippen molar-refractivity contribution in [2.75, 3.05) is 33.9 Å². The number of hydrogen-bond donors (Lipinski definition) is 2. The van der Waals surface area contributed by atoms with Crippen molar-refractivity contribution in [1.82, 2.24) is 10.2 Å². The number of nitrogens with one attached hydrogen (secondary N) is 1. The van der Waals surface area contributed by atoms with Gasteiger partial charge in [0, 0.05) is 19.6 Å². The molecule has 8 heteroatoms. The van der Waals surface area contributed by atoms with Crippen molar-refractivity contribution in [2.45, 2.75) is 57.2 Å². The standard InChI is InChI=1S/C28H36N2O6/c1-28(11-6-14-36-28)27(33)29-22(26(31)32)15-19-7-9-21(10-8-19)25-23(34-2)16-20(17-24(25)35-3)18-30-12-4-5-13-30/h7-10,16-17,22H,4-6,11-15,18H2,1-3H3,(H,29,33)(H,31,32)/t22-,28+/m0/s1. The van der Waals surface area contributed by atoms with E-state index >= 15 is 0 Å². The molecule has 2 fully saturated rings. The Bertz CT molecular complexity index is 1050. The van der Waals surface area contributed by atoms with Gasteiger partial charge >= 0.3 is 5.97 Å². The molecule has 2 atom stereocenters. The molecule has 0 aromatic heterocycles. The Morgan fingerprint density at radius 2 is 1.69 bits per heavy atom. The highest BCUT2D eigenvalue weighted by Gasteiger charge is 2.39. The predicted octanol–water partition coefficient (Wildman–Crippen LogP) is 3.65. The van der Waals surface area contributed by atoms with Crippen molar-refractivity contribution in [1.29, 1.82) is 0 Å². The van der Waals surface area contributed by atoms with Crippen LogP contribution in [0.4, 0.5) is 0 Å². The Balaban J connectivity index is 1.51. The summed E-state index contributed by atoms with van der Waals surface area (Å²) in [6.45, 7) is 5.30. The number of hydrogen-bond acceptors (Lipinski definition) is 6. The van der Waals surface area contributed by atoms with Crippen molar-refractivity contribution in [3.05, 3.63) is 47.5 Å². The number of rotatable bonds is 10. The first-order chi connectivity index (χ1) is 17.3. The van der Waals surface area contributed by atoms with Gasteiger partial charge in [-0.15, -0.1) is 0 Å². The topological polar surface area (TPSA) is 97.3 Å². The van der Waals surface area contributed by atoms with Crippen molar-refractivity contribution in [3.63, 3.8) is 0 Å². The number of carbonyl (C=O) groups is 2. The van der Waals surface area contributed by atoms with Crippen LogP contribution in [0, 0.1) is 0 Å². The van der Waals surface area contributed by atoms with Crippen LogP contribution in [0.25, 0.3) is 11.1 Å². The molecule has 2 saturated heterocycles. The van der Waals surface area contributed by atoms with Crippen LogP contribution in [0.2, 0.25) is 0 Å². The van der Waals surface area contributed by atoms with Gasteiger partial charge in [-0.2, -0.15) is 0 Å². The highest BCUT2D eigenvalue weighted by molar-refractivity contribution is 5.89. The van der Waals surface area contributed by atoms with Crippen LogP contribution >= 0.6 is 0 Å². The Morgan fingerprint density at radius 3 is 2.22 bits per heavy atom. The van der Waals surface area contributed by atoms with Crippen LogP contribution in [0.3, 0.4) is 0 Å². The second kappa shape index (κ2) is 11.3. The minimum absolute atomic E-state index is 0.167. The van der Waals surface area contributed by atoms with Crippen molar-refractivity contribution >= 4 is 11.9 Å². The van der Waals surface area contributed by atoms with E-state index < -0.39 is 17.6 Å². The van der Waals surface area contributed by atoms with Crippen molar-refractivity contribution in [3.8, 4) is 22.6 Å². The molecule has 2 heterocycles. The normalized spacial score (nSPS) is 20.8. The largest absolute Gasteiger partial charge is 0.496 e. The third-order valence-electron chi connectivity index (χ3n) is 7.16. The molecule has 2 aliphatic heterocycles. The first-order valence-electron chi connectivity index (χ1n) is 12.6. The maximum absolute atomic E-state index is 12.7. The van der Waals surface area contributed by atoms with Gasteiger partial charge in [0.2, 0.25) is 0 Å². The zero-order valence-electron chi connectivity index (χ0n) is 21.3. The molecule has 8 nitrogen and oxygen atoms in total. The zero-order chi connectivity index (χ0) is 25.7. The van der Waals surface area contributed by atoms with Gasteiger partial charge in [0.05, 0.1) is 19.8 Å². The van der Waals surface area contributed by atoms with Gasteiger partial charge in [0.1, 0.15) is 23.1 Å². The smallest absolute Gasteiger partial charge is 0.326 e. The van der Waals surface area contributed by atoms with Gasteiger partial charge in [-0.05, 0) is 74.5 Å². The second-order valence-corrected chi connectivity index (χ2v) is 9.81. The van der Waals surface area contributed by atoms with E-state index in [4.69, 9.17) is 14.2 Å². The summed E-state index contributed by atoms with van der Waals surface area (Å²) in [4.78, 5) is 27.0. The first kappa shape index (κ1) is 26.0. The third kappa shape index (κ3) is 5.82. The van der Waals surface area contributed by atoms with E-state index in [1.54, 1.807) is 21.1 Å². The van der Waals surface area contributed by atoms with Gasteiger partial charge in [-0.3, -0.25) is 9.69 Å². The summed E-state index contributed by atoms with van der Waals surface area (Å²) >= 11 is 0. The molecule has 0 spiro atoms. The number of aliphatic carboxylic acids is 1. The fraction of sp³-hybridized carbons (Fsp3) is 0.500. The summed E-state index contributed by atoms with van der Waals surface area (Å²) in [6, 6.07) is 10.7. The number of benzene rings is 2. The summed E-state index contributed by atoms with van der Waals surface area (Å²) in [7, 11) is 3.31. The van der Waals surface area contributed by atoms with Crippen LogP contribution in [0.5, 0.6) is 11.5 Å². The van der Waals surface area contributed by atoms with Gasteiger partial charge in [-0.1, -0.05) is 24.3 Å². The highest BCUT2D eigenvalue weighted by atomic mass is 16.5. The van der Waals surface area contributed by atoms with Gasteiger partial charge in [0.25, 0.3) is 5.91 Å². The number of carboxylic acid groups (broad SMARTS) is 1. The molecule has 0 bridgehead atoms. The summed E-state index contributed by atoms with van der Waals surface area (Å²) in [6.07, 6.45) is 4.01. The van der Waals surface area contributed by atoms with E-state index in [9.17, 15) is 14.7 Å². The Hall–Kier alpha value is -3.10. The van der Waals surface area contributed by atoms with Crippen LogP contribution < -0.4 is 14.8 Å². The lowest BCUT2D eigenvalue weighted by Crippen LogP contribution is -2.51. The third-order valence-corrected chi connectivity index (χ3v) is 7.16. The Morgan fingerprint density at radius 1 is 1.06 bits per heavy atom. The number of amides is 1. The molecule has 36 heavy (non-hydrogen) atoms. The van der Waals surface area contributed by atoms with Gasteiger partial charge in [-0.25, -0.2) is 4.79 Å². The van der Waals surface area contributed by atoms with E-state index in [0.717, 1.165) is 59.8 Å². The number of methoxy groups -OCH3 is 2. The van der Waals surface area contributed by atoms with Gasteiger partial charge in [0.15, 0.2) is 0 Å². The lowest BCUT2D eigenvalue weighted by molar-refractivity contribution is -0.147. The molecule has 4 rings (SSSR count). The SMILES string of the molecule is COc1cc(CN2CCCC2)cc(OC)c1-c1ccc(C[C@H](NC(=O)[C@@]2(C)CCCO2)C(=O)O)cc1. The Labute approximate surface area is 212 Å². The zero-order valence-corrected chi connectivity index (χ0v) is 21.3. The Kier molecular flexibility index (Phi) is 8.16. The molecular formula is C28H36N2O6. The molecule has 0 saturated carbocycles. The molecule has 194 valence electrons. The minimum atomic E-state index is -1.08. The number of ether oxygens (including phenoxy) is 3. The quantitative estimate of drug-likeness (QED) is 0.518. The number of nitrogens with zero attached hydrogens (tertiary/aromatic N) is 1. The fourth-order valence-electron chi connectivity index (χ4n) is 5.05. The van der Waals surface area contributed by atoms with Gasteiger partial charge < -0.3 is 24.6 Å². The van der Waals surface area contributed by atoms with Crippen molar-refractivity contribution in [2.24, 2.45) is 0 Å². The number of carboxylic acids is 1. The summed E-state index contributed by atoms with van der Waals surface area (Å²) in [5.74, 6) is 0.00651. The van der Waals surface area contributed by atoms with E-state index in [1.165, 1.54) is 12.8 Å². The maximum Gasteiger partial charge on any atom is 0.326 e. The molecule has 2 N–H and O–H groups in total. The molecule has 0 unspecified atom stereocenters. The van der Waals surface area contributed by atoms with Crippen molar-refractivity contribution < 1.29 is 28.9 Å². The number of likely N-dealkylation sites (tertiary alicyclic amines) is 1. The maximum atomic E-state index is 12.7. The monoisotopic (exact) mass is 496 g/mol. The van der Waals surface area contributed by atoms with Crippen LogP contribution in [-0.4, -0.2) is 67.4 Å². The lowest BCUT2D eigenvalue weighted by atomic mass is 9.97. The van der Waals surface area contributed by atoms with E-state index in [1.807, 2.05) is 24.3 Å². The molecule has 1 amide bonds.